The number of nitrogens with two attached hydrogens (primary N) is 1. The predicted octanol–water partition coefficient (Wildman–Crippen LogP) is 2.82. The third kappa shape index (κ3) is 2.77. The van der Waals surface area contributed by atoms with Crippen molar-refractivity contribution >= 4 is 5.82 Å². The van der Waals surface area contributed by atoms with Gasteiger partial charge in [0.05, 0.1) is 11.8 Å². The van der Waals surface area contributed by atoms with E-state index >= 15 is 0 Å². The summed E-state index contributed by atoms with van der Waals surface area (Å²) in [6.45, 7) is 5.82. The van der Waals surface area contributed by atoms with Gasteiger partial charge in [0, 0.05) is 11.6 Å². The second-order valence-electron chi connectivity index (χ2n) is 4.39. The Labute approximate surface area is 107 Å². The lowest BCUT2D eigenvalue weighted by atomic mass is 10.1. The molecule has 2 N–H and O–H groups in total. The van der Waals surface area contributed by atoms with E-state index in [2.05, 4.69) is 9.97 Å². The summed E-state index contributed by atoms with van der Waals surface area (Å²) in [5.74, 6) is 1.94. The summed E-state index contributed by atoms with van der Waals surface area (Å²) in [6.07, 6.45) is 0.117. The summed E-state index contributed by atoms with van der Waals surface area (Å²) in [7, 11) is 0. The van der Waals surface area contributed by atoms with Crippen molar-refractivity contribution in [3.63, 3.8) is 0 Å². The number of rotatable bonds is 3. The van der Waals surface area contributed by atoms with Gasteiger partial charge in [0.1, 0.15) is 17.4 Å². The Morgan fingerprint density at radius 2 is 1.89 bits per heavy atom. The molecule has 0 aliphatic carbocycles. The van der Waals surface area contributed by atoms with E-state index in [0.717, 1.165) is 17.0 Å². The first kappa shape index (κ1) is 12.4. The number of aromatic nitrogens is 2. The molecule has 0 atom stereocenters. The Morgan fingerprint density at radius 1 is 1.17 bits per heavy atom. The highest BCUT2D eigenvalue weighted by molar-refractivity contribution is 5.68. The summed E-state index contributed by atoms with van der Waals surface area (Å²) in [4.78, 5) is 8.48. The van der Waals surface area contributed by atoms with E-state index in [-0.39, 0.29) is 6.10 Å². The van der Waals surface area contributed by atoms with Crippen molar-refractivity contribution in [3.05, 3.63) is 36.2 Å². The number of aryl methyl sites for hydroxylation is 1. The zero-order chi connectivity index (χ0) is 13.1. The van der Waals surface area contributed by atoms with Gasteiger partial charge in [0.15, 0.2) is 0 Å². The number of nitrogens with zero attached hydrogens (tertiary/aromatic N) is 2. The minimum atomic E-state index is 0.117. The smallest absolute Gasteiger partial charge is 0.129 e. The monoisotopic (exact) mass is 243 g/mol. The van der Waals surface area contributed by atoms with Crippen molar-refractivity contribution in [2.24, 2.45) is 0 Å². The number of benzene rings is 1. The quantitative estimate of drug-likeness (QED) is 0.900. The number of hydrogen-bond acceptors (Lipinski definition) is 4. The highest BCUT2D eigenvalue weighted by Gasteiger charge is 2.09. The molecule has 0 aliphatic heterocycles. The Hall–Kier alpha value is -2.10. The zero-order valence-electron chi connectivity index (χ0n) is 10.8. The maximum atomic E-state index is 5.78. The summed E-state index contributed by atoms with van der Waals surface area (Å²) in [5, 5.41) is 0. The van der Waals surface area contributed by atoms with Crippen LogP contribution in [0.1, 0.15) is 19.7 Å². The molecule has 1 heterocycles. The summed E-state index contributed by atoms with van der Waals surface area (Å²) < 4.78 is 5.78. The molecule has 4 nitrogen and oxygen atoms in total. The number of nitrogen functional groups attached to an aromatic ring is 1. The van der Waals surface area contributed by atoms with Crippen molar-refractivity contribution in [2.75, 3.05) is 5.73 Å². The van der Waals surface area contributed by atoms with Gasteiger partial charge < -0.3 is 10.5 Å². The fourth-order valence-corrected chi connectivity index (χ4v) is 1.76. The molecule has 0 fully saturated rings. The summed E-state index contributed by atoms with van der Waals surface area (Å²) >= 11 is 0. The van der Waals surface area contributed by atoms with Gasteiger partial charge in [0.2, 0.25) is 0 Å². The van der Waals surface area contributed by atoms with Crippen molar-refractivity contribution < 1.29 is 4.74 Å². The van der Waals surface area contributed by atoms with Crippen LogP contribution in [0.2, 0.25) is 0 Å². The molecule has 0 spiro atoms. The van der Waals surface area contributed by atoms with Crippen LogP contribution in [0.25, 0.3) is 11.3 Å². The molecule has 2 rings (SSSR count). The van der Waals surface area contributed by atoms with Crippen LogP contribution in [0.15, 0.2) is 30.3 Å². The van der Waals surface area contributed by atoms with Gasteiger partial charge in [-0.2, -0.15) is 0 Å². The summed E-state index contributed by atoms with van der Waals surface area (Å²) in [6, 6.07) is 9.56. The van der Waals surface area contributed by atoms with E-state index in [9.17, 15) is 0 Å². The van der Waals surface area contributed by atoms with Gasteiger partial charge >= 0.3 is 0 Å². The average Bonchev–Trinajstić information content (AvgIpc) is 2.27. The van der Waals surface area contributed by atoms with Crippen LogP contribution in [0, 0.1) is 6.92 Å². The van der Waals surface area contributed by atoms with Crippen LogP contribution >= 0.6 is 0 Å². The average molecular weight is 243 g/mol. The third-order valence-corrected chi connectivity index (χ3v) is 2.38. The largest absolute Gasteiger partial charge is 0.490 e. The van der Waals surface area contributed by atoms with E-state index in [4.69, 9.17) is 10.5 Å². The second-order valence-corrected chi connectivity index (χ2v) is 4.39. The molecule has 0 amide bonds. The first-order chi connectivity index (χ1) is 8.56. The molecular formula is C14H17N3O. The zero-order valence-corrected chi connectivity index (χ0v) is 10.8. The molecule has 0 aliphatic rings. The lowest BCUT2D eigenvalue weighted by Gasteiger charge is -2.14. The van der Waals surface area contributed by atoms with Crippen LogP contribution in [0.5, 0.6) is 5.75 Å². The SMILES string of the molecule is Cc1nc(N)cc(-c2ccccc2OC(C)C)n1. The Bertz CT molecular complexity index is 532. The van der Waals surface area contributed by atoms with Gasteiger partial charge in [-0.1, -0.05) is 12.1 Å². The Morgan fingerprint density at radius 3 is 2.56 bits per heavy atom. The molecular weight excluding hydrogens is 226 g/mol. The topological polar surface area (TPSA) is 61.0 Å². The fourth-order valence-electron chi connectivity index (χ4n) is 1.76. The number of ether oxygens (including phenoxy) is 1. The van der Waals surface area contributed by atoms with E-state index in [1.807, 2.05) is 45.0 Å². The number of para-hydroxylation sites is 1. The maximum Gasteiger partial charge on any atom is 0.129 e. The van der Waals surface area contributed by atoms with Gasteiger partial charge in [-0.25, -0.2) is 9.97 Å². The van der Waals surface area contributed by atoms with Crippen molar-refractivity contribution in [1.29, 1.82) is 0 Å². The Balaban J connectivity index is 2.49. The van der Waals surface area contributed by atoms with Gasteiger partial charge in [0.25, 0.3) is 0 Å². The molecule has 2 aromatic rings. The molecule has 0 unspecified atom stereocenters. The Kier molecular flexibility index (Phi) is 3.46. The molecule has 0 saturated carbocycles. The van der Waals surface area contributed by atoms with Crippen molar-refractivity contribution in [2.45, 2.75) is 26.9 Å². The van der Waals surface area contributed by atoms with E-state index in [0.29, 0.717) is 11.6 Å². The van der Waals surface area contributed by atoms with Crippen LogP contribution in [-0.2, 0) is 0 Å². The summed E-state index contributed by atoms with van der Waals surface area (Å²) in [5.41, 5.74) is 7.48. The molecule has 94 valence electrons. The lowest BCUT2D eigenvalue weighted by Crippen LogP contribution is -2.07. The number of hydrogen-bond donors (Lipinski definition) is 1. The van der Waals surface area contributed by atoms with E-state index < -0.39 is 0 Å². The van der Waals surface area contributed by atoms with Crippen LogP contribution in [0.4, 0.5) is 5.82 Å². The van der Waals surface area contributed by atoms with Crippen LogP contribution < -0.4 is 10.5 Å². The first-order valence-corrected chi connectivity index (χ1v) is 5.93. The minimum absolute atomic E-state index is 0.117. The molecule has 0 radical (unpaired) electrons. The molecule has 0 saturated heterocycles. The highest BCUT2D eigenvalue weighted by Crippen LogP contribution is 2.29. The molecule has 0 bridgehead atoms. The highest BCUT2D eigenvalue weighted by atomic mass is 16.5. The second kappa shape index (κ2) is 5.04. The molecule has 4 heteroatoms. The van der Waals surface area contributed by atoms with Crippen molar-refractivity contribution in [1.82, 2.24) is 9.97 Å². The molecule has 1 aromatic carbocycles. The predicted molar refractivity (Wildman–Crippen MR) is 72.4 cm³/mol. The van der Waals surface area contributed by atoms with E-state index in [1.54, 1.807) is 6.07 Å². The molecule has 18 heavy (non-hydrogen) atoms. The third-order valence-electron chi connectivity index (χ3n) is 2.38. The molecule has 1 aromatic heterocycles. The van der Waals surface area contributed by atoms with Crippen LogP contribution in [0.3, 0.4) is 0 Å². The number of anilines is 1. The minimum Gasteiger partial charge on any atom is -0.490 e. The lowest BCUT2D eigenvalue weighted by molar-refractivity contribution is 0.243. The van der Waals surface area contributed by atoms with Gasteiger partial charge in [-0.3, -0.25) is 0 Å². The van der Waals surface area contributed by atoms with E-state index in [1.165, 1.54) is 0 Å². The normalized spacial score (nSPS) is 10.7. The van der Waals surface area contributed by atoms with Gasteiger partial charge in [-0.05, 0) is 32.9 Å². The first-order valence-electron chi connectivity index (χ1n) is 5.93. The maximum absolute atomic E-state index is 5.78. The standard InChI is InChI=1S/C14H17N3O/c1-9(2)18-13-7-5-4-6-11(13)12-8-14(15)17-10(3)16-12/h4-9H,1-3H3,(H2,15,16,17). The van der Waals surface area contributed by atoms with Crippen molar-refractivity contribution in [3.8, 4) is 17.0 Å². The fraction of sp³-hybridized carbons (Fsp3) is 0.286. The van der Waals surface area contributed by atoms with Crippen LogP contribution in [-0.4, -0.2) is 16.1 Å². The van der Waals surface area contributed by atoms with Gasteiger partial charge in [-0.15, -0.1) is 0 Å².